The van der Waals surface area contributed by atoms with Crippen molar-refractivity contribution in [2.75, 3.05) is 0 Å². The molecule has 3 heteroatoms. The zero-order valence-corrected chi connectivity index (χ0v) is 44.4. The van der Waals surface area contributed by atoms with Gasteiger partial charge < -0.3 is 0 Å². The maximum absolute atomic E-state index is 5.58. The largest absolute Gasteiger partial charge is 0.251 e. The minimum Gasteiger partial charge on any atom is -0.251 e. The number of benzene rings is 2. The molecule has 0 saturated heterocycles. The monoisotopic (exact) mass is 923 g/mol. The van der Waals surface area contributed by atoms with Crippen LogP contribution < -0.4 is 0 Å². The van der Waals surface area contributed by atoms with E-state index in [-0.39, 0.29) is 16.5 Å². The molecule has 0 amide bonds. The molecule has 2 aromatic carbocycles. The Hall–Kier alpha value is -1.99. The molecule has 368 valence electrons. The minimum absolute atomic E-state index is 0. The Balaban J connectivity index is 0.0000205. The number of hydrogen-bond donors (Lipinski definition) is 0. The molecule has 64 heavy (non-hydrogen) atoms. The van der Waals surface area contributed by atoms with E-state index in [0.717, 1.165) is 74.2 Å². The second-order valence-corrected chi connectivity index (χ2v) is 19.6. The van der Waals surface area contributed by atoms with E-state index in [0.29, 0.717) is 0 Å². The van der Waals surface area contributed by atoms with Gasteiger partial charge in [0.05, 0.1) is 22.8 Å². The molecule has 2 nitrogen and oxygen atoms in total. The Bertz CT molecular complexity index is 1400. The average molecular weight is 924 g/mol. The second-order valence-electron chi connectivity index (χ2n) is 19.6. The van der Waals surface area contributed by atoms with E-state index in [1.165, 1.54) is 221 Å². The summed E-state index contributed by atoms with van der Waals surface area (Å²) in [6, 6.07) is 14.5. The standard InChI is InChI=1S/C61H104N2.Ni/c1-7-13-19-20-21-22-23-24-25-26-27-28-29-30-31-32-33-34-35-36-41-47-61(63-59-52-56(44-39-16-10-4)49-57(53-59)45-40-17-11-5)60(46-18-12-6)62-58-50-54(42-37-14-8-2)48-55(51-58)43-38-15-9-3;/h41,47-53H,7-40,42-46H2,1-6H3;/b47-41+,62-60?,63-61?;. The molecule has 0 aromatic heterocycles. The van der Waals surface area contributed by atoms with Gasteiger partial charge in [-0.25, -0.2) is 4.99 Å². The smallest absolute Gasteiger partial charge is 0.0848 e. The summed E-state index contributed by atoms with van der Waals surface area (Å²) in [6.45, 7) is 13.9. The van der Waals surface area contributed by atoms with Crippen LogP contribution in [0.1, 0.15) is 289 Å². The van der Waals surface area contributed by atoms with Gasteiger partial charge in [-0.05, 0) is 130 Å². The van der Waals surface area contributed by atoms with Crippen LogP contribution in [0.4, 0.5) is 11.4 Å². The molecule has 0 radical (unpaired) electrons. The van der Waals surface area contributed by atoms with Crippen LogP contribution in [-0.4, -0.2) is 11.4 Å². The predicted molar refractivity (Wildman–Crippen MR) is 287 cm³/mol. The van der Waals surface area contributed by atoms with Crippen LogP contribution in [0.15, 0.2) is 58.5 Å². The quantitative estimate of drug-likeness (QED) is 0.0360. The van der Waals surface area contributed by atoms with Gasteiger partial charge in [0.25, 0.3) is 0 Å². The minimum atomic E-state index is 0. The Morgan fingerprint density at radius 3 is 0.984 bits per heavy atom. The fraction of sp³-hybridized carbons (Fsp3) is 0.738. The molecule has 0 spiro atoms. The van der Waals surface area contributed by atoms with Crippen molar-refractivity contribution in [2.45, 2.75) is 292 Å². The molecule has 0 aliphatic heterocycles. The summed E-state index contributed by atoms with van der Waals surface area (Å²) in [5.74, 6) is 0. The van der Waals surface area contributed by atoms with Crippen molar-refractivity contribution >= 4 is 22.8 Å². The van der Waals surface area contributed by atoms with Crippen LogP contribution in [0.5, 0.6) is 0 Å². The SMILES string of the molecule is CCCCCCCCCCCCCCCCCCCCC/C=C/C(=Nc1cc(CCCCC)cc(CCCCC)c1)C(CCCC)=Nc1cc(CCCCC)cc(CCCCC)c1.[Ni]. The van der Waals surface area contributed by atoms with E-state index in [9.17, 15) is 0 Å². The van der Waals surface area contributed by atoms with Gasteiger partial charge in [0, 0.05) is 16.5 Å². The summed E-state index contributed by atoms with van der Waals surface area (Å²) in [7, 11) is 0. The zero-order valence-electron chi connectivity index (χ0n) is 43.4. The van der Waals surface area contributed by atoms with E-state index in [2.05, 4.69) is 90.1 Å². The Morgan fingerprint density at radius 2 is 0.641 bits per heavy atom. The Kier molecular flexibility index (Phi) is 40.9. The van der Waals surface area contributed by atoms with E-state index in [1.54, 1.807) is 0 Å². The first-order valence-corrected chi connectivity index (χ1v) is 28.1. The van der Waals surface area contributed by atoms with Crippen LogP contribution in [0.2, 0.25) is 0 Å². The van der Waals surface area contributed by atoms with Gasteiger partial charge in [0.1, 0.15) is 0 Å². The topological polar surface area (TPSA) is 24.7 Å². The van der Waals surface area contributed by atoms with Gasteiger partial charge >= 0.3 is 0 Å². The fourth-order valence-corrected chi connectivity index (χ4v) is 9.12. The third-order valence-electron chi connectivity index (χ3n) is 13.2. The predicted octanol–water partition coefficient (Wildman–Crippen LogP) is 21.0. The average Bonchev–Trinajstić information content (AvgIpc) is 3.28. The Labute approximate surface area is 410 Å². The van der Waals surface area contributed by atoms with Crippen molar-refractivity contribution < 1.29 is 16.5 Å². The molecule has 0 fully saturated rings. The molecule has 0 saturated carbocycles. The van der Waals surface area contributed by atoms with Crippen molar-refractivity contribution in [3.05, 3.63) is 70.8 Å². The summed E-state index contributed by atoms with van der Waals surface area (Å²) in [4.78, 5) is 11.1. The molecule has 2 rings (SSSR count). The van der Waals surface area contributed by atoms with E-state index in [4.69, 9.17) is 9.98 Å². The summed E-state index contributed by atoms with van der Waals surface area (Å²) in [6.07, 6.45) is 56.0. The van der Waals surface area contributed by atoms with Gasteiger partial charge in [-0.1, -0.05) is 233 Å². The van der Waals surface area contributed by atoms with Crippen LogP contribution in [0.25, 0.3) is 0 Å². The second kappa shape index (κ2) is 43.6. The van der Waals surface area contributed by atoms with Gasteiger partial charge in [-0.2, -0.15) is 0 Å². The summed E-state index contributed by atoms with van der Waals surface area (Å²) in [5, 5.41) is 0. The normalized spacial score (nSPS) is 12.2. The molecule has 0 unspecified atom stereocenters. The number of rotatable bonds is 43. The van der Waals surface area contributed by atoms with Gasteiger partial charge in [0.2, 0.25) is 0 Å². The molecule has 0 heterocycles. The first-order valence-electron chi connectivity index (χ1n) is 28.1. The number of aryl methyl sites for hydroxylation is 4. The number of aliphatic imine (C=N–C) groups is 2. The van der Waals surface area contributed by atoms with Crippen LogP contribution in [-0.2, 0) is 42.2 Å². The third kappa shape index (κ3) is 31.8. The van der Waals surface area contributed by atoms with Crippen molar-refractivity contribution in [1.82, 2.24) is 0 Å². The molecule has 0 atom stereocenters. The third-order valence-corrected chi connectivity index (χ3v) is 13.2. The zero-order chi connectivity index (χ0) is 45.3. The van der Waals surface area contributed by atoms with Gasteiger partial charge in [-0.3, -0.25) is 4.99 Å². The molecule has 2 aromatic rings. The maximum atomic E-state index is 5.58. The number of hydrogen-bond acceptors (Lipinski definition) is 2. The molecule has 0 N–H and O–H groups in total. The summed E-state index contributed by atoms with van der Waals surface area (Å²) >= 11 is 0. The molecular weight excluding hydrogens is 819 g/mol. The first kappa shape index (κ1) is 60.0. The molecule has 0 aliphatic carbocycles. The van der Waals surface area contributed by atoms with E-state index in [1.807, 2.05) is 0 Å². The first-order chi connectivity index (χ1) is 31.1. The summed E-state index contributed by atoms with van der Waals surface area (Å²) < 4.78 is 0. The number of unbranched alkanes of at least 4 members (excludes halogenated alkanes) is 28. The number of nitrogens with zero attached hydrogens (tertiary/aromatic N) is 2. The van der Waals surface area contributed by atoms with Crippen LogP contribution in [0, 0.1) is 0 Å². The molecule has 0 aliphatic rings. The molecular formula is C61H104N2Ni. The summed E-state index contributed by atoms with van der Waals surface area (Å²) in [5.41, 5.74) is 10.3. The fourth-order valence-electron chi connectivity index (χ4n) is 9.12. The van der Waals surface area contributed by atoms with Crippen molar-refractivity contribution in [3.63, 3.8) is 0 Å². The van der Waals surface area contributed by atoms with Crippen molar-refractivity contribution in [3.8, 4) is 0 Å². The molecule has 0 bridgehead atoms. The van der Waals surface area contributed by atoms with E-state index >= 15 is 0 Å². The van der Waals surface area contributed by atoms with Crippen molar-refractivity contribution in [2.24, 2.45) is 9.98 Å². The van der Waals surface area contributed by atoms with Gasteiger partial charge in [0.15, 0.2) is 0 Å². The van der Waals surface area contributed by atoms with Crippen molar-refractivity contribution in [1.29, 1.82) is 0 Å². The van der Waals surface area contributed by atoms with Crippen LogP contribution in [0.3, 0.4) is 0 Å². The van der Waals surface area contributed by atoms with Gasteiger partial charge in [-0.15, -0.1) is 0 Å². The Morgan fingerprint density at radius 1 is 0.344 bits per heavy atom. The maximum Gasteiger partial charge on any atom is 0.0848 e. The number of allylic oxidation sites excluding steroid dienone is 2. The van der Waals surface area contributed by atoms with Crippen LogP contribution >= 0.6 is 0 Å². The van der Waals surface area contributed by atoms with E-state index < -0.39 is 0 Å².